The van der Waals surface area contributed by atoms with E-state index in [-0.39, 0.29) is 19.1 Å². The van der Waals surface area contributed by atoms with E-state index in [0.717, 1.165) is 9.78 Å². The number of β-amino-alcohol motifs (C(OH)–C–C–N with tert-alkyl or cyclic N) is 1. The first-order valence-corrected chi connectivity index (χ1v) is 8.42. The van der Waals surface area contributed by atoms with Gasteiger partial charge >= 0.3 is 6.03 Å². The van der Waals surface area contributed by atoms with Crippen LogP contribution in [-0.4, -0.2) is 41.2 Å². The van der Waals surface area contributed by atoms with Crippen LogP contribution in [-0.2, 0) is 10.3 Å². The standard InChI is InChI=1S/C17H18N2O4S/c1-17(14-8-5-9-24-14)15(21)19(16(22)18-17)10-12(20)11-23-13-6-3-2-4-7-13/h2-9,12,20H,10-11H2,1H3,(H,18,22)/t12-,17+/m0/s1. The lowest BCUT2D eigenvalue weighted by atomic mass is 10.0. The Labute approximate surface area is 143 Å². The van der Waals surface area contributed by atoms with Crippen LogP contribution in [0.2, 0.25) is 0 Å². The third-order valence-electron chi connectivity index (χ3n) is 3.87. The summed E-state index contributed by atoms with van der Waals surface area (Å²) in [5, 5.41) is 14.7. The number of aliphatic hydroxyl groups excluding tert-OH is 1. The number of urea groups is 1. The molecule has 2 N–H and O–H groups in total. The molecule has 0 spiro atoms. The highest BCUT2D eigenvalue weighted by atomic mass is 32.1. The number of hydrogen-bond donors (Lipinski definition) is 2. The van der Waals surface area contributed by atoms with Gasteiger partial charge in [-0.25, -0.2) is 4.79 Å². The number of imide groups is 1. The zero-order valence-corrected chi connectivity index (χ0v) is 14.0. The van der Waals surface area contributed by atoms with E-state index in [4.69, 9.17) is 4.74 Å². The van der Waals surface area contributed by atoms with Gasteiger partial charge in [-0.3, -0.25) is 9.69 Å². The predicted molar refractivity (Wildman–Crippen MR) is 89.9 cm³/mol. The van der Waals surface area contributed by atoms with E-state index in [0.29, 0.717) is 5.75 Å². The van der Waals surface area contributed by atoms with Crippen LogP contribution in [0.5, 0.6) is 5.75 Å². The zero-order valence-electron chi connectivity index (χ0n) is 13.1. The number of carbonyl (C=O) groups is 2. The number of benzene rings is 1. The number of nitrogens with one attached hydrogen (secondary N) is 1. The van der Waals surface area contributed by atoms with Gasteiger partial charge in [0.15, 0.2) is 5.54 Å². The Kier molecular flexibility index (Phi) is 4.55. The van der Waals surface area contributed by atoms with Crippen molar-refractivity contribution in [2.45, 2.75) is 18.6 Å². The molecular formula is C17H18N2O4S. The van der Waals surface area contributed by atoms with E-state index in [1.54, 1.807) is 25.1 Å². The zero-order chi connectivity index (χ0) is 17.2. The van der Waals surface area contributed by atoms with Gasteiger partial charge in [0.05, 0.1) is 6.54 Å². The Morgan fingerprint density at radius 2 is 2.00 bits per heavy atom. The number of aliphatic hydroxyl groups is 1. The summed E-state index contributed by atoms with van der Waals surface area (Å²) in [6.45, 7) is 1.56. The average molecular weight is 346 g/mol. The lowest BCUT2D eigenvalue weighted by Crippen LogP contribution is -2.42. The van der Waals surface area contributed by atoms with Crippen molar-refractivity contribution in [3.8, 4) is 5.75 Å². The molecule has 1 aliphatic rings. The summed E-state index contributed by atoms with van der Waals surface area (Å²) in [4.78, 5) is 26.6. The molecule has 0 bridgehead atoms. The molecule has 3 rings (SSSR count). The van der Waals surface area contributed by atoms with Crippen molar-refractivity contribution >= 4 is 23.3 Å². The molecule has 0 radical (unpaired) electrons. The van der Waals surface area contributed by atoms with Crippen LogP contribution in [0.1, 0.15) is 11.8 Å². The van der Waals surface area contributed by atoms with E-state index >= 15 is 0 Å². The number of ether oxygens (including phenoxy) is 1. The summed E-state index contributed by atoms with van der Waals surface area (Å²) in [5.41, 5.74) is -1.08. The molecule has 0 saturated carbocycles. The molecule has 6 nitrogen and oxygen atoms in total. The van der Waals surface area contributed by atoms with Gasteiger partial charge in [-0.2, -0.15) is 0 Å². The molecule has 1 aromatic carbocycles. The number of thiophene rings is 1. The molecule has 2 atom stereocenters. The largest absolute Gasteiger partial charge is 0.491 e. The Balaban J connectivity index is 1.62. The molecule has 0 unspecified atom stereocenters. The van der Waals surface area contributed by atoms with E-state index in [1.165, 1.54) is 11.3 Å². The van der Waals surface area contributed by atoms with Gasteiger partial charge in [-0.15, -0.1) is 11.3 Å². The third-order valence-corrected chi connectivity index (χ3v) is 4.96. The Hall–Kier alpha value is -2.38. The molecule has 1 aromatic heterocycles. The molecular weight excluding hydrogens is 328 g/mol. The summed E-state index contributed by atoms with van der Waals surface area (Å²) >= 11 is 1.40. The molecule has 0 aliphatic carbocycles. The fraction of sp³-hybridized carbons (Fsp3) is 0.294. The molecule has 7 heteroatoms. The lowest BCUT2D eigenvalue weighted by molar-refractivity contribution is -0.132. The fourth-order valence-electron chi connectivity index (χ4n) is 2.57. The second-order valence-electron chi connectivity index (χ2n) is 5.73. The molecule has 126 valence electrons. The monoisotopic (exact) mass is 346 g/mol. The van der Waals surface area contributed by atoms with Crippen molar-refractivity contribution in [1.82, 2.24) is 10.2 Å². The maximum Gasteiger partial charge on any atom is 0.325 e. The van der Waals surface area contributed by atoms with Crippen molar-refractivity contribution < 1.29 is 19.4 Å². The van der Waals surface area contributed by atoms with E-state index in [9.17, 15) is 14.7 Å². The van der Waals surface area contributed by atoms with Gasteiger partial charge in [0, 0.05) is 4.88 Å². The Morgan fingerprint density at radius 1 is 1.25 bits per heavy atom. The van der Waals surface area contributed by atoms with Gasteiger partial charge in [-0.1, -0.05) is 24.3 Å². The second-order valence-corrected chi connectivity index (χ2v) is 6.67. The molecule has 2 heterocycles. The highest BCUT2D eigenvalue weighted by Gasteiger charge is 2.49. The highest BCUT2D eigenvalue weighted by molar-refractivity contribution is 7.10. The third kappa shape index (κ3) is 3.13. The summed E-state index contributed by atoms with van der Waals surface area (Å²) in [7, 11) is 0. The van der Waals surface area contributed by atoms with Gasteiger partial charge in [0.1, 0.15) is 18.5 Å². The van der Waals surface area contributed by atoms with Crippen LogP contribution in [0.3, 0.4) is 0 Å². The summed E-state index contributed by atoms with van der Waals surface area (Å²) in [6, 6.07) is 12.2. The minimum Gasteiger partial charge on any atom is -0.491 e. The molecule has 3 amide bonds. The quantitative estimate of drug-likeness (QED) is 0.784. The summed E-state index contributed by atoms with van der Waals surface area (Å²) in [5.74, 6) is 0.255. The van der Waals surface area contributed by atoms with Gasteiger partial charge in [0.25, 0.3) is 5.91 Å². The van der Waals surface area contributed by atoms with Gasteiger partial charge in [-0.05, 0) is 30.5 Å². The fourth-order valence-corrected chi connectivity index (χ4v) is 3.40. The number of carbonyl (C=O) groups excluding carboxylic acids is 2. The summed E-state index contributed by atoms with van der Waals surface area (Å²) < 4.78 is 5.46. The number of hydrogen-bond acceptors (Lipinski definition) is 5. The van der Waals surface area contributed by atoms with Crippen LogP contribution in [0.25, 0.3) is 0 Å². The van der Waals surface area contributed by atoms with E-state index in [1.807, 2.05) is 29.6 Å². The highest BCUT2D eigenvalue weighted by Crippen LogP contribution is 2.31. The first-order valence-electron chi connectivity index (χ1n) is 7.55. The summed E-state index contributed by atoms with van der Waals surface area (Å²) in [6.07, 6.45) is -0.967. The number of rotatable bonds is 6. The van der Waals surface area contributed by atoms with Crippen LogP contribution in [0.4, 0.5) is 4.79 Å². The molecule has 24 heavy (non-hydrogen) atoms. The normalized spacial score (nSPS) is 21.7. The van der Waals surface area contributed by atoms with Gasteiger partial charge in [0.2, 0.25) is 0 Å². The average Bonchev–Trinajstić information content (AvgIpc) is 3.19. The van der Waals surface area contributed by atoms with Crippen LogP contribution < -0.4 is 10.1 Å². The van der Waals surface area contributed by atoms with Crippen molar-refractivity contribution in [1.29, 1.82) is 0 Å². The minimum atomic E-state index is -1.08. The smallest absolute Gasteiger partial charge is 0.325 e. The van der Waals surface area contributed by atoms with E-state index in [2.05, 4.69) is 5.32 Å². The number of nitrogens with zero attached hydrogens (tertiary/aromatic N) is 1. The van der Waals surface area contributed by atoms with Gasteiger partial charge < -0.3 is 15.2 Å². The SMILES string of the molecule is C[C@]1(c2cccs2)NC(=O)N(C[C@H](O)COc2ccccc2)C1=O. The van der Waals surface area contributed by atoms with Crippen molar-refractivity contribution in [3.63, 3.8) is 0 Å². The number of amides is 3. The van der Waals surface area contributed by atoms with Crippen molar-refractivity contribution in [2.24, 2.45) is 0 Å². The molecule has 1 fully saturated rings. The van der Waals surface area contributed by atoms with Crippen LogP contribution in [0.15, 0.2) is 47.8 Å². The topological polar surface area (TPSA) is 78.9 Å². The minimum absolute atomic E-state index is 0.00318. The lowest BCUT2D eigenvalue weighted by Gasteiger charge is -2.21. The van der Waals surface area contributed by atoms with Crippen LogP contribution in [0, 0.1) is 0 Å². The first kappa shape index (κ1) is 16.5. The first-order chi connectivity index (χ1) is 11.5. The maximum absolute atomic E-state index is 12.6. The Morgan fingerprint density at radius 3 is 2.67 bits per heavy atom. The Bertz CT molecular complexity index is 719. The maximum atomic E-state index is 12.6. The van der Waals surface area contributed by atoms with Crippen molar-refractivity contribution in [2.75, 3.05) is 13.2 Å². The number of para-hydroxylation sites is 1. The van der Waals surface area contributed by atoms with Crippen LogP contribution >= 0.6 is 11.3 Å². The second kappa shape index (κ2) is 6.62. The van der Waals surface area contributed by atoms with E-state index < -0.39 is 17.7 Å². The van der Waals surface area contributed by atoms with Crippen molar-refractivity contribution in [3.05, 3.63) is 52.7 Å². The molecule has 2 aromatic rings. The molecule has 1 saturated heterocycles. The predicted octanol–water partition coefficient (Wildman–Crippen LogP) is 1.96. The molecule has 1 aliphatic heterocycles.